The molecule has 6 rings (SSSR count). The minimum Gasteiger partial charge on any atom is -0.508 e. The number of carbonyl (C=O) groups excluding carboxylic acids is 2. The summed E-state index contributed by atoms with van der Waals surface area (Å²) in [5.74, 6) is -1.14. The number of phenolic OH excluding ortho intramolecular Hbond substituents is 1. The Kier molecular flexibility index (Phi) is 7.58. The third-order valence-electron chi connectivity index (χ3n) is 7.74. The second-order valence-electron chi connectivity index (χ2n) is 10.2. The number of cyclic esters (lactones) is 1. The van der Waals surface area contributed by atoms with E-state index >= 15 is 0 Å². The number of nitrogens with two attached hydrogens (primary N) is 1. The largest absolute Gasteiger partial charge is 0.508 e. The lowest BCUT2D eigenvalue weighted by molar-refractivity contribution is -0.172. The number of ether oxygens (including phenoxy) is 1. The molecule has 0 saturated heterocycles. The van der Waals surface area contributed by atoms with Crippen LogP contribution in [0, 0.1) is 0 Å². The van der Waals surface area contributed by atoms with Crippen LogP contribution in [0.25, 0.3) is 22.3 Å². The Morgan fingerprint density at radius 1 is 1.21 bits per heavy atom. The fourth-order valence-electron chi connectivity index (χ4n) is 5.43. The van der Waals surface area contributed by atoms with Crippen LogP contribution in [0.15, 0.2) is 64.5 Å². The Morgan fingerprint density at radius 2 is 1.95 bits per heavy atom. The molecule has 0 spiro atoms. The van der Waals surface area contributed by atoms with Crippen molar-refractivity contribution in [2.45, 2.75) is 44.6 Å². The molecule has 5 N–H and O–H groups in total. The molecule has 2 aliphatic heterocycles. The topological polar surface area (TPSA) is 169 Å². The van der Waals surface area contributed by atoms with Crippen LogP contribution in [0.3, 0.4) is 0 Å². The van der Waals surface area contributed by atoms with Crippen LogP contribution in [0.2, 0.25) is 0 Å². The number of carbonyl (C=O) groups is 2. The van der Waals surface area contributed by atoms with Crippen molar-refractivity contribution in [3.63, 3.8) is 0 Å². The summed E-state index contributed by atoms with van der Waals surface area (Å²) in [6.07, 6.45) is 1.82. The van der Waals surface area contributed by atoms with E-state index in [1.807, 2.05) is 24.3 Å². The monoisotopic (exact) mass is 589 g/mol. The van der Waals surface area contributed by atoms with Gasteiger partial charge in [0.05, 0.1) is 41.3 Å². The SMILES string of the molecule is CC[C@@]1(O)C(=O)OCc2c1cc1n(c2=O)Cc2c-1nc1ccccc1c2C=NNC(=O)C(N)Cc1ccc(O)cc1.Cl. The first-order chi connectivity index (χ1) is 19.7. The van der Waals surface area contributed by atoms with Gasteiger partial charge in [-0.15, -0.1) is 12.4 Å². The zero-order valence-corrected chi connectivity index (χ0v) is 23.4. The van der Waals surface area contributed by atoms with Crippen LogP contribution in [-0.2, 0) is 39.5 Å². The molecule has 4 heterocycles. The molecule has 4 aromatic rings. The molecular weight excluding hydrogens is 562 g/mol. The van der Waals surface area contributed by atoms with Crippen molar-refractivity contribution < 1.29 is 24.5 Å². The molecule has 12 heteroatoms. The van der Waals surface area contributed by atoms with E-state index in [2.05, 4.69) is 10.5 Å². The predicted molar refractivity (Wildman–Crippen MR) is 157 cm³/mol. The summed E-state index contributed by atoms with van der Waals surface area (Å²) in [7, 11) is 0. The highest BCUT2D eigenvalue weighted by Gasteiger charge is 2.45. The summed E-state index contributed by atoms with van der Waals surface area (Å²) in [5.41, 5.74) is 10.6. The molecule has 2 aromatic carbocycles. The number of esters is 1. The fourth-order valence-corrected chi connectivity index (χ4v) is 5.43. The quantitative estimate of drug-likeness (QED) is 0.133. The lowest BCUT2D eigenvalue weighted by atomic mass is 9.86. The van der Waals surface area contributed by atoms with E-state index in [1.54, 1.807) is 29.7 Å². The number of nitrogens with zero attached hydrogens (tertiary/aromatic N) is 3. The van der Waals surface area contributed by atoms with Gasteiger partial charge in [0.25, 0.3) is 11.5 Å². The van der Waals surface area contributed by atoms with Crippen molar-refractivity contribution in [1.82, 2.24) is 15.0 Å². The molecular formula is C30H28ClN5O6. The number of aromatic hydroxyl groups is 1. The molecule has 2 aliphatic rings. The Hall–Kier alpha value is -4.58. The number of halogens is 1. The molecule has 0 bridgehead atoms. The summed E-state index contributed by atoms with van der Waals surface area (Å²) >= 11 is 0. The maximum absolute atomic E-state index is 13.6. The highest BCUT2D eigenvalue weighted by molar-refractivity contribution is 6.02. The molecule has 0 aliphatic carbocycles. The molecule has 2 atom stereocenters. The Bertz CT molecular complexity index is 1820. The first kappa shape index (κ1) is 28.9. The zero-order valence-electron chi connectivity index (χ0n) is 22.5. The minimum absolute atomic E-state index is 0. The average molecular weight is 590 g/mol. The van der Waals surface area contributed by atoms with Gasteiger partial charge in [0.15, 0.2) is 5.60 Å². The number of phenols is 1. The lowest BCUT2D eigenvalue weighted by Gasteiger charge is -2.31. The van der Waals surface area contributed by atoms with Crippen molar-refractivity contribution in [2.24, 2.45) is 10.8 Å². The summed E-state index contributed by atoms with van der Waals surface area (Å²) in [6.45, 7) is 1.62. The first-order valence-electron chi connectivity index (χ1n) is 13.2. The number of fused-ring (bicyclic) bond motifs is 5. The number of aromatic nitrogens is 2. The summed E-state index contributed by atoms with van der Waals surface area (Å²) in [5, 5.41) is 25.5. The van der Waals surface area contributed by atoms with Crippen LogP contribution in [0.1, 0.15) is 41.2 Å². The van der Waals surface area contributed by atoms with E-state index in [9.17, 15) is 24.6 Å². The number of hydrazone groups is 1. The van der Waals surface area contributed by atoms with Crippen molar-refractivity contribution in [2.75, 3.05) is 0 Å². The number of benzene rings is 2. The number of aliphatic hydroxyl groups is 1. The van der Waals surface area contributed by atoms with Gasteiger partial charge < -0.3 is 25.3 Å². The van der Waals surface area contributed by atoms with Crippen molar-refractivity contribution >= 4 is 41.4 Å². The molecule has 2 aromatic heterocycles. The maximum atomic E-state index is 13.6. The van der Waals surface area contributed by atoms with Gasteiger partial charge in [-0.05, 0) is 42.7 Å². The highest BCUT2D eigenvalue weighted by Crippen LogP contribution is 2.39. The average Bonchev–Trinajstić information content (AvgIpc) is 3.34. The van der Waals surface area contributed by atoms with Crippen LogP contribution in [0.4, 0.5) is 0 Å². The fraction of sp³-hybridized carbons (Fsp3) is 0.233. The minimum atomic E-state index is -1.92. The van der Waals surface area contributed by atoms with E-state index in [4.69, 9.17) is 15.5 Å². The zero-order chi connectivity index (χ0) is 28.9. The number of para-hydroxylation sites is 1. The van der Waals surface area contributed by atoms with Gasteiger partial charge in [-0.3, -0.25) is 9.59 Å². The molecule has 0 radical (unpaired) electrons. The Balaban J connectivity index is 0.00000353. The number of pyridine rings is 2. The predicted octanol–water partition coefficient (Wildman–Crippen LogP) is 2.23. The van der Waals surface area contributed by atoms with E-state index in [1.165, 1.54) is 18.3 Å². The second-order valence-corrected chi connectivity index (χ2v) is 10.2. The molecule has 0 saturated carbocycles. The van der Waals surface area contributed by atoms with E-state index in [-0.39, 0.29) is 60.8 Å². The highest BCUT2D eigenvalue weighted by atomic mass is 35.5. The molecule has 11 nitrogen and oxygen atoms in total. The van der Waals surface area contributed by atoms with Crippen LogP contribution >= 0.6 is 12.4 Å². The van der Waals surface area contributed by atoms with Crippen molar-refractivity contribution in [3.8, 4) is 17.1 Å². The van der Waals surface area contributed by atoms with E-state index in [0.29, 0.717) is 28.0 Å². The molecule has 216 valence electrons. The Labute approximate surface area is 246 Å². The van der Waals surface area contributed by atoms with Crippen LogP contribution in [-0.4, -0.2) is 43.9 Å². The van der Waals surface area contributed by atoms with E-state index < -0.39 is 23.5 Å². The normalized spacial score (nSPS) is 17.6. The van der Waals surface area contributed by atoms with Crippen molar-refractivity contribution in [1.29, 1.82) is 0 Å². The van der Waals surface area contributed by atoms with Crippen LogP contribution in [0.5, 0.6) is 5.75 Å². The third-order valence-corrected chi connectivity index (χ3v) is 7.74. The number of hydrogen-bond acceptors (Lipinski definition) is 9. The molecule has 1 amide bonds. The molecule has 0 fully saturated rings. The second kappa shape index (κ2) is 11.0. The van der Waals surface area contributed by atoms with Gasteiger partial charge in [-0.25, -0.2) is 15.2 Å². The Morgan fingerprint density at radius 3 is 2.69 bits per heavy atom. The summed E-state index contributed by atoms with van der Waals surface area (Å²) in [4.78, 5) is 43.5. The number of rotatable bonds is 6. The molecule has 42 heavy (non-hydrogen) atoms. The number of amides is 1. The van der Waals surface area contributed by atoms with Gasteiger partial charge in [-0.1, -0.05) is 37.3 Å². The summed E-state index contributed by atoms with van der Waals surface area (Å²) < 4.78 is 6.70. The first-order valence-corrected chi connectivity index (χ1v) is 13.2. The molecule has 1 unspecified atom stereocenters. The maximum Gasteiger partial charge on any atom is 0.343 e. The third kappa shape index (κ3) is 4.71. The van der Waals surface area contributed by atoms with Crippen molar-refractivity contribution in [3.05, 3.63) is 92.8 Å². The number of nitrogens with one attached hydrogen (secondary N) is 1. The summed E-state index contributed by atoms with van der Waals surface area (Å²) in [6, 6.07) is 14.6. The van der Waals surface area contributed by atoms with Gasteiger partial charge in [0, 0.05) is 22.1 Å². The number of hydrogen-bond donors (Lipinski definition) is 4. The van der Waals surface area contributed by atoms with Gasteiger partial charge in [0.2, 0.25) is 0 Å². The standard InChI is InChI=1S/C30H27N5O6.ClH/c1-2-30(40)22-12-25-26-20(14-35(25)28(38)21(22)15-41-29(30)39)19(18-5-3-4-6-24(18)33-26)13-32-34-27(37)23(31)11-16-7-9-17(36)10-8-16;/h3-10,12-13,23,36,40H,2,11,14-15,31H2,1H3,(H,34,37);1H/t23?,30-;/m0./s1. The van der Waals surface area contributed by atoms with E-state index in [0.717, 1.165) is 10.9 Å². The van der Waals surface area contributed by atoms with Gasteiger partial charge in [-0.2, -0.15) is 5.10 Å². The lowest BCUT2D eigenvalue weighted by Crippen LogP contribution is -2.44. The van der Waals surface area contributed by atoms with Gasteiger partial charge in [0.1, 0.15) is 12.4 Å². The van der Waals surface area contributed by atoms with Gasteiger partial charge >= 0.3 is 5.97 Å². The van der Waals surface area contributed by atoms with Crippen LogP contribution < -0.4 is 16.7 Å². The smallest absolute Gasteiger partial charge is 0.343 e.